The first-order valence-electron chi connectivity index (χ1n) is 11.2. The second-order valence-corrected chi connectivity index (χ2v) is 8.52. The third-order valence-corrected chi connectivity index (χ3v) is 6.59. The number of nitrogens with zero attached hydrogens (tertiary/aromatic N) is 4. The molecule has 0 atom stereocenters. The van der Waals surface area contributed by atoms with Crippen molar-refractivity contribution < 1.29 is 9.21 Å². The Kier molecular flexibility index (Phi) is 6.44. The van der Waals surface area contributed by atoms with Crippen LogP contribution in [0.2, 0.25) is 0 Å². The summed E-state index contributed by atoms with van der Waals surface area (Å²) in [6, 6.07) is 10.5. The predicted octanol–water partition coefficient (Wildman–Crippen LogP) is 3.00. The summed E-state index contributed by atoms with van der Waals surface area (Å²) < 4.78 is 5.93. The first kappa shape index (κ1) is 20.9. The SMILES string of the molecule is CCN1CCN(C(=O)c2ccc(CN3CCN(c4ccc(C)c(C)c4)CC3)o2)CC1. The van der Waals surface area contributed by atoms with Gasteiger partial charge in [-0.2, -0.15) is 0 Å². The fraction of sp³-hybridized carbons (Fsp3) is 0.542. The molecule has 1 aromatic carbocycles. The largest absolute Gasteiger partial charge is 0.455 e. The Balaban J connectivity index is 1.28. The van der Waals surface area contributed by atoms with Gasteiger partial charge in [0.2, 0.25) is 0 Å². The quantitative estimate of drug-likeness (QED) is 0.758. The molecule has 30 heavy (non-hydrogen) atoms. The number of carbonyl (C=O) groups is 1. The van der Waals surface area contributed by atoms with E-state index in [2.05, 4.69) is 53.7 Å². The lowest BCUT2D eigenvalue weighted by atomic mass is 10.1. The van der Waals surface area contributed by atoms with Crippen LogP contribution < -0.4 is 4.90 Å². The van der Waals surface area contributed by atoms with E-state index >= 15 is 0 Å². The number of carbonyl (C=O) groups excluding carboxylic acids is 1. The molecule has 0 spiro atoms. The fourth-order valence-electron chi connectivity index (χ4n) is 4.31. The van der Waals surface area contributed by atoms with E-state index in [0.717, 1.165) is 71.2 Å². The van der Waals surface area contributed by atoms with Gasteiger partial charge in [0, 0.05) is 58.0 Å². The van der Waals surface area contributed by atoms with E-state index in [4.69, 9.17) is 4.42 Å². The zero-order chi connectivity index (χ0) is 21.1. The highest BCUT2D eigenvalue weighted by Crippen LogP contribution is 2.21. The van der Waals surface area contributed by atoms with E-state index in [0.29, 0.717) is 5.76 Å². The van der Waals surface area contributed by atoms with Crippen molar-refractivity contribution in [3.63, 3.8) is 0 Å². The molecule has 2 aromatic rings. The van der Waals surface area contributed by atoms with Crippen LogP contribution in [-0.2, 0) is 6.54 Å². The molecule has 0 radical (unpaired) electrons. The summed E-state index contributed by atoms with van der Waals surface area (Å²) in [4.78, 5) is 21.9. The second kappa shape index (κ2) is 9.23. The van der Waals surface area contributed by atoms with Crippen molar-refractivity contribution in [2.45, 2.75) is 27.3 Å². The highest BCUT2D eigenvalue weighted by Gasteiger charge is 2.24. The zero-order valence-electron chi connectivity index (χ0n) is 18.6. The lowest BCUT2D eigenvalue weighted by Gasteiger charge is -2.36. The molecule has 1 amide bonds. The highest BCUT2D eigenvalue weighted by molar-refractivity contribution is 5.91. The van der Waals surface area contributed by atoms with Crippen molar-refractivity contribution >= 4 is 11.6 Å². The van der Waals surface area contributed by atoms with Crippen molar-refractivity contribution in [3.8, 4) is 0 Å². The third kappa shape index (κ3) is 4.71. The van der Waals surface area contributed by atoms with Gasteiger partial charge in [-0.1, -0.05) is 13.0 Å². The maximum absolute atomic E-state index is 12.7. The minimum absolute atomic E-state index is 0.0246. The number of likely N-dealkylation sites (N-methyl/N-ethyl adjacent to an activating group) is 1. The maximum Gasteiger partial charge on any atom is 0.289 e. The van der Waals surface area contributed by atoms with E-state index in [9.17, 15) is 4.79 Å². The van der Waals surface area contributed by atoms with E-state index in [1.807, 2.05) is 17.0 Å². The highest BCUT2D eigenvalue weighted by atomic mass is 16.4. The molecule has 3 heterocycles. The van der Waals surface area contributed by atoms with Gasteiger partial charge in [-0.3, -0.25) is 9.69 Å². The van der Waals surface area contributed by atoms with Crippen LogP contribution in [0, 0.1) is 13.8 Å². The topological polar surface area (TPSA) is 43.2 Å². The van der Waals surface area contributed by atoms with Gasteiger partial charge in [0.15, 0.2) is 5.76 Å². The van der Waals surface area contributed by atoms with Crippen molar-refractivity contribution in [2.24, 2.45) is 0 Å². The number of amides is 1. The summed E-state index contributed by atoms with van der Waals surface area (Å²) in [6.45, 7) is 15.8. The Morgan fingerprint density at radius 3 is 2.23 bits per heavy atom. The molecule has 0 aliphatic carbocycles. The summed E-state index contributed by atoms with van der Waals surface area (Å²) >= 11 is 0. The van der Waals surface area contributed by atoms with Crippen LogP contribution in [0.1, 0.15) is 34.4 Å². The van der Waals surface area contributed by atoms with Crippen LogP contribution in [0.15, 0.2) is 34.7 Å². The number of hydrogen-bond acceptors (Lipinski definition) is 5. The van der Waals surface area contributed by atoms with Crippen LogP contribution in [0.25, 0.3) is 0 Å². The van der Waals surface area contributed by atoms with E-state index in [1.165, 1.54) is 16.8 Å². The molecular formula is C24H34N4O2. The van der Waals surface area contributed by atoms with Crippen molar-refractivity contribution in [1.29, 1.82) is 0 Å². The lowest BCUT2D eigenvalue weighted by molar-refractivity contribution is 0.0608. The monoisotopic (exact) mass is 410 g/mol. The molecular weight excluding hydrogens is 376 g/mol. The van der Waals surface area contributed by atoms with Crippen LogP contribution in [-0.4, -0.2) is 79.5 Å². The number of hydrogen-bond donors (Lipinski definition) is 0. The van der Waals surface area contributed by atoms with Gasteiger partial charge in [0.1, 0.15) is 5.76 Å². The van der Waals surface area contributed by atoms with Gasteiger partial charge < -0.3 is 19.1 Å². The molecule has 6 nitrogen and oxygen atoms in total. The van der Waals surface area contributed by atoms with E-state index in [1.54, 1.807) is 0 Å². The summed E-state index contributed by atoms with van der Waals surface area (Å²) in [5.41, 5.74) is 4.00. The molecule has 162 valence electrons. The summed E-state index contributed by atoms with van der Waals surface area (Å²) in [7, 11) is 0. The fourth-order valence-corrected chi connectivity index (χ4v) is 4.31. The van der Waals surface area contributed by atoms with Crippen molar-refractivity contribution in [1.82, 2.24) is 14.7 Å². The Hall–Kier alpha value is -2.31. The molecule has 0 bridgehead atoms. The smallest absolute Gasteiger partial charge is 0.289 e. The zero-order valence-corrected chi connectivity index (χ0v) is 18.6. The molecule has 6 heteroatoms. The van der Waals surface area contributed by atoms with Crippen molar-refractivity contribution in [2.75, 3.05) is 63.8 Å². The molecule has 1 aromatic heterocycles. The van der Waals surface area contributed by atoms with Crippen LogP contribution in [0.3, 0.4) is 0 Å². The molecule has 2 aliphatic heterocycles. The van der Waals surface area contributed by atoms with Crippen LogP contribution >= 0.6 is 0 Å². The number of piperazine rings is 2. The second-order valence-electron chi connectivity index (χ2n) is 8.52. The number of aryl methyl sites for hydroxylation is 2. The van der Waals surface area contributed by atoms with E-state index < -0.39 is 0 Å². The standard InChI is InChI=1S/C24H34N4O2/c1-4-25-9-15-28(16-10-25)24(29)23-8-7-22(30-23)18-26-11-13-27(14-12-26)21-6-5-19(2)20(3)17-21/h5-8,17H,4,9-16,18H2,1-3H3. The van der Waals surface area contributed by atoms with Crippen LogP contribution in [0.4, 0.5) is 5.69 Å². The molecule has 4 rings (SSSR count). The molecule has 0 N–H and O–H groups in total. The van der Waals surface area contributed by atoms with Gasteiger partial charge in [0.05, 0.1) is 6.54 Å². The number of anilines is 1. The third-order valence-electron chi connectivity index (χ3n) is 6.59. The van der Waals surface area contributed by atoms with Gasteiger partial charge in [-0.05, 0) is 55.8 Å². The minimum atomic E-state index is 0.0246. The van der Waals surface area contributed by atoms with Gasteiger partial charge in [0.25, 0.3) is 5.91 Å². The summed E-state index contributed by atoms with van der Waals surface area (Å²) in [6.07, 6.45) is 0. The first-order valence-corrected chi connectivity index (χ1v) is 11.2. The maximum atomic E-state index is 12.7. The molecule has 0 unspecified atom stereocenters. The average Bonchev–Trinajstić information content (AvgIpc) is 3.24. The molecule has 2 fully saturated rings. The molecule has 2 saturated heterocycles. The van der Waals surface area contributed by atoms with Gasteiger partial charge >= 0.3 is 0 Å². The van der Waals surface area contributed by atoms with Crippen molar-refractivity contribution in [3.05, 3.63) is 53.0 Å². The Morgan fingerprint density at radius 2 is 1.57 bits per heavy atom. The molecule has 2 aliphatic rings. The normalized spacial score (nSPS) is 18.8. The summed E-state index contributed by atoms with van der Waals surface area (Å²) in [5.74, 6) is 1.38. The average molecular weight is 411 g/mol. The predicted molar refractivity (Wildman–Crippen MR) is 120 cm³/mol. The summed E-state index contributed by atoms with van der Waals surface area (Å²) in [5, 5.41) is 0. The number of benzene rings is 1. The first-order chi connectivity index (χ1) is 14.5. The number of furan rings is 1. The number of rotatable bonds is 5. The van der Waals surface area contributed by atoms with Gasteiger partial charge in [-0.15, -0.1) is 0 Å². The Labute approximate surface area is 180 Å². The molecule has 0 saturated carbocycles. The Morgan fingerprint density at radius 1 is 0.867 bits per heavy atom. The Bertz CT molecular complexity index is 862. The minimum Gasteiger partial charge on any atom is -0.455 e. The van der Waals surface area contributed by atoms with Crippen LogP contribution in [0.5, 0.6) is 0 Å². The van der Waals surface area contributed by atoms with E-state index in [-0.39, 0.29) is 5.91 Å². The lowest BCUT2D eigenvalue weighted by Crippen LogP contribution is -2.48. The van der Waals surface area contributed by atoms with Gasteiger partial charge in [-0.25, -0.2) is 0 Å².